The van der Waals surface area contributed by atoms with Gasteiger partial charge in [-0.2, -0.15) is 0 Å². The highest BCUT2D eigenvalue weighted by Crippen LogP contribution is 2.29. The van der Waals surface area contributed by atoms with Crippen LogP contribution in [0, 0.1) is 12.8 Å². The van der Waals surface area contributed by atoms with Gasteiger partial charge in [-0.25, -0.2) is 14.6 Å². The predicted octanol–water partition coefficient (Wildman–Crippen LogP) is 2.07. The number of carbonyl (C=O) groups excluding carboxylic acids is 2. The molecule has 8 heteroatoms. The summed E-state index contributed by atoms with van der Waals surface area (Å²) in [6.07, 6.45) is 0.684. The number of carbonyl (C=O) groups is 2. The summed E-state index contributed by atoms with van der Waals surface area (Å²) in [7, 11) is 1.25. The molecule has 3 rings (SSSR count). The first-order chi connectivity index (χ1) is 11.8. The number of aryl methyl sites for hydroxylation is 2. The molecule has 3 heterocycles. The van der Waals surface area contributed by atoms with Gasteiger partial charge in [-0.1, -0.05) is 13.8 Å². The lowest BCUT2D eigenvalue weighted by molar-refractivity contribution is -0.153. The molecule has 1 atom stereocenters. The molecule has 0 bridgehead atoms. The van der Waals surface area contributed by atoms with E-state index in [0.29, 0.717) is 27.2 Å². The third kappa shape index (κ3) is 2.95. The zero-order valence-electron chi connectivity index (χ0n) is 14.6. The van der Waals surface area contributed by atoms with Crippen LogP contribution in [-0.2, 0) is 27.2 Å². The fourth-order valence-corrected chi connectivity index (χ4v) is 4.08. The van der Waals surface area contributed by atoms with Crippen LogP contribution in [0.15, 0.2) is 4.79 Å². The number of hydrogen-bond acceptors (Lipinski definition) is 7. The fourth-order valence-electron chi connectivity index (χ4n) is 3.01. The average molecular weight is 364 g/mol. The first-order valence-electron chi connectivity index (χ1n) is 8.16. The fraction of sp³-hybridized carbons (Fsp3) is 0.529. The molecule has 0 spiro atoms. The van der Waals surface area contributed by atoms with Gasteiger partial charge in [0.1, 0.15) is 15.5 Å². The molecule has 134 valence electrons. The van der Waals surface area contributed by atoms with Crippen molar-refractivity contribution in [3.05, 3.63) is 26.6 Å². The Bertz CT molecular complexity index is 912. The van der Waals surface area contributed by atoms with E-state index in [1.807, 2.05) is 0 Å². The van der Waals surface area contributed by atoms with E-state index < -0.39 is 18.0 Å². The maximum atomic E-state index is 12.7. The number of methoxy groups -OCH3 is 1. The van der Waals surface area contributed by atoms with Gasteiger partial charge in [-0.3, -0.25) is 9.36 Å². The Hall–Kier alpha value is -2.22. The number of thiophene rings is 1. The molecule has 0 fully saturated rings. The maximum absolute atomic E-state index is 12.7. The molecule has 0 aliphatic carbocycles. The van der Waals surface area contributed by atoms with Crippen LogP contribution in [0.5, 0.6) is 0 Å². The van der Waals surface area contributed by atoms with Gasteiger partial charge in [0.05, 0.1) is 12.5 Å². The molecule has 1 aliphatic heterocycles. The second-order valence-corrected chi connectivity index (χ2v) is 7.42. The van der Waals surface area contributed by atoms with Crippen LogP contribution in [0.3, 0.4) is 0 Å². The molecule has 0 radical (unpaired) electrons. The molecule has 0 N–H and O–H groups in total. The molecule has 1 unspecified atom stereocenters. The molecule has 0 saturated heterocycles. The summed E-state index contributed by atoms with van der Waals surface area (Å²) in [5, 5.41) is 0.460. The number of fused-ring (bicyclic) bond motifs is 2. The highest BCUT2D eigenvalue weighted by atomic mass is 32.1. The maximum Gasteiger partial charge on any atom is 0.349 e. The summed E-state index contributed by atoms with van der Waals surface area (Å²) in [5.41, 5.74) is 0.441. The number of nitrogens with zero attached hydrogens (tertiary/aromatic N) is 2. The van der Waals surface area contributed by atoms with Gasteiger partial charge in [-0.05, 0) is 18.9 Å². The monoisotopic (exact) mass is 364 g/mol. The van der Waals surface area contributed by atoms with E-state index in [9.17, 15) is 14.4 Å². The van der Waals surface area contributed by atoms with Gasteiger partial charge in [0.25, 0.3) is 5.56 Å². The Morgan fingerprint density at radius 3 is 2.68 bits per heavy atom. The van der Waals surface area contributed by atoms with E-state index in [2.05, 4.69) is 4.98 Å². The second-order valence-electron chi connectivity index (χ2n) is 6.42. The third-order valence-corrected chi connectivity index (χ3v) is 5.54. The van der Waals surface area contributed by atoms with Crippen molar-refractivity contribution in [3.63, 3.8) is 0 Å². The van der Waals surface area contributed by atoms with Crippen LogP contribution in [0.1, 0.15) is 41.3 Å². The molecule has 0 aromatic carbocycles. The largest absolute Gasteiger partial charge is 0.466 e. The predicted molar refractivity (Wildman–Crippen MR) is 93.0 cm³/mol. The quantitative estimate of drug-likeness (QED) is 0.772. The molecule has 2 aromatic heterocycles. The number of rotatable bonds is 4. The van der Waals surface area contributed by atoms with Crippen molar-refractivity contribution in [3.8, 4) is 0 Å². The molecular weight excluding hydrogens is 344 g/mol. The highest BCUT2D eigenvalue weighted by Gasteiger charge is 2.30. The van der Waals surface area contributed by atoms with Crippen molar-refractivity contribution in [1.82, 2.24) is 9.55 Å². The van der Waals surface area contributed by atoms with Gasteiger partial charge >= 0.3 is 11.9 Å². The van der Waals surface area contributed by atoms with Crippen molar-refractivity contribution >= 4 is 33.5 Å². The van der Waals surface area contributed by atoms with Crippen LogP contribution in [0.2, 0.25) is 0 Å². The lowest BCUT2D eigenvalue weighted by Gasteiger charge is -2.18. The summed E-state index contributed by atoms with van der Waals surface area (Å²) >= 11 is 1.13. The zero-order valence-corrected chi connectivity index (χ0v) is 15.4. The minimum absolute atomic E-state index is 0.112. The SMILES string of the molecule is COC(=O)C(OC(=O)c1sc2nc3n(c(=O)c2c1C)CCC3)C(C)C. The lowest BCUT2D eigenvalue weighted by Crippen LogP contribution is -2.33. The van der Waals surface area contributed by atoms with E-state index in [1.54, 1.807) is 25.3 Å². The standard InChI is InChI=1S/C17H20N2O5S/c1-8(2)12(16(21)23-4)24-17(22)13-9(3)11-14(25-13)18-10-6-5-7-19(10)15(11)20/h8,12H,5-7H2,1-4H3. The molecule has 7 nitrogen and oxygen atoms in total. The number of esters is 2. The molecule has 0 saturated carbocycles. The first-order valence-corrected chi connectivity index (χ1v) is 8.98. The topological polar surface area (TPSA) is 87.5 Å². The summed E-state index contributed by atoms with van der Waals surface area (Å²) < 4.78 is 11.7. The molecule has 0 amide bonds. The van der Waals surface area contributed by atoms with E-state index in [-0.39, 0.29) is 11.5 Å². The van der Waals surface area contributed by atoms with E-state index >= 15 is 0 Å². The van der Waals surface area contributed by atoms with Gasteiger partial charge in [-0.15, -0.1) is 11.3 Å². The van der Waals surface area contributed by atoms with E-state index in [1.165, 1.54) is 7.11 Å². The van der Waals surface area contributed by atoms with Crippen molar-refractivity contribution in [2.75, 3.05) is 7.11 Å². The van der Waals surface area contributed by atoms with E-state index in [0.717, 1.165) is 30.0 Å². The minimum atomic E-state index is -0.985. The minimum Gasteiger partial charge on any atom is -0.466 e. The van der Waals surface area contributed by atoms with Crippen molar-refractivity contribution < 1.29 is 19.1 Å². The highest BCUT2D eigenvalue weighted by molar-refractivity contribution is 7.20. The van der Waals surface area contributed by atoms with Gasteiger partial charge < -0.3 is 9.47 Å². The van der Waals surface area contributed by atoms with Crippen LogP contribution >= 0.6 is 11.3 Å². The molecular formula is C17H20N2O5S. The summed E-state index contributed by atoms with van der Waals surface area (Å²) in [5.74, 6) is -0.694. The summed E-state index contributed by atoms with van der Waals surface area (Å²) in [6.45, 7) is 5.91. The summed E-state index contributed by atoms with van der Waals surface area (Å²) in [4.78, 5) is 42.4. The van der Waals surface area contributed by atoms with Crippen LogP contribution in [0.4, 0.5) is 0 Å². The molecule has 2 aromatic rings. The Balaban J connectivity index is 2.00. The van der Waals surface area contributed by atoms with Crippen molar-refractivity contribution in [2.24, 2.45) is 5.92 Å². The van der Waals surface area contributed by atoms with Gasteiger partial charge in [0.2, 0.25) is 6.10 Å². The molecule has 1 aliphatic rings. The van der Waals surface area contributed by atoms with Crippen molar-refractivity contribution in [1.29, 1.82) is 0 Å². The number of aromatic nitrogens is 2. The first kappa shape index (κ1) is 17.6. The van der Waals surface area contributed by atoms with Crippen LogP contribution in [-0.4, -0.2) is 34.7 Å². The normalized spacial score (nSPS) is 14.6. The number of ether oxygens (including phenoxy) is 2. The average Bonchev–Trinajstić information content (AvgIpc) is 3.16. The number of hydrogen-bond donors (Lipinski definition) is 0. The van der Waals surface area contributed by atoms with E-state index in [4.69, 9.17) is 9.47 Å². The van der Waals surface area contributed by atoms with Gasteiger partial charge in [0.15, 0.2) is 0 Å². The molecule has 25 heavy (non-hydrogen) atoms. The lowest BCUT2D eigenvalue weighted by atomic mass is 10.1. The Labute approximate surface area is 148 Å². The Kier molecular flexibility index (Phi) is 4.64. The Morgan fingerprint density at radius 2 is 2.04 bits per heavy atom. The Morgan fingerprint density at radius 1 is 1.32 bits per heavy atom. The summed E-state index contributed by atoms with van der Waals surface area (Å²) in [6, 6.07) is 0. The van der Waals surface area contributed by atoms with Crippen LogP contribution < -0.4 is 5.56 Å². The zero-order chi connectivity index (χ0) is 18.3. The van der Waals surface area contributed by atoms with Crippen molar-refractivity contribution in [2.45, 2.75) is 46.3 Å². The van der Waals surface area contributed by atoms with Crippen LogP contribution in [0.25, 0.3) is 10.2 Å². The third-order valence-electron chi connectivity index (χ3n) is 4.37. The smallest absolute Gasteiger partial charge is 0.349 e. The second kappa shape index (κ2) is 6.59. The van der Waals surface area contributed by atoms with Gasteiger partial charge in [0, 0.05) is 18.9 Å².